The molecule has 0 saturated carbocycles. The molecular formula is C15H16ClNO5. The molecule has 6 nitrogen and oxygen atoms in total. The van der Waals surface area contributed by atoms with Crippen LogP contribution in [0.1, 0.15) is 5.56 Å². The highest BCUT2D eigenvalue weighted by molar-refractivity contribution is 6.32. The smallest absolute Gasteiger partial charge is 0.348 e. The summed E-state index contributed by atoms with van der Waals surface area (Å²) in [6.45, 7) is 0.327. The van der Waals surface area contributed by atoms with Gasteiger partial charge in [0.1, 0.15) is 18.2 Å². The summed E-state index contributed by atoms with van der Waals surface area (Å²) in [7, 11) is 4.42. The lowest BCUT2D eigenvalue weighted by molar-refractivity contribution is -0.139. The van der Waals surface area contributed by atoms with Crippen LogP contribution in [0.25, 0.3) is 6.08 Å². The van der Waals surface area contributed by atoms with Crippen LogP contribution in [0.5, 0.6) is 11.5 Å². The molecule has 7 heteroatoms. The maximum atomic E-state index is 11.8. The number of nitrogens with zero attached hydrogens (tertiary/aromatic N) is 1. The fourth-order valence-corrected chi connectivity index (χ4v) is 1.92. The van der Waals surface area contributed by atoms with Gasteiger partial charge in [-0.3, -0.25) is 0 Å². The van der Waals surface area contributed by atoms with Gasteiger partial charge in [0.25, 0.3) is 0 Å². The van der Waals surface area contributed by atoms with Crippen molar-refractivity contribution in [3.8, 4) is 17.6 Å². The zero-order valence-electron chi connectivity index (χ0n) is 12.5. The molecule has 0 fully saturated rings. The van der Waals surface area contributed by atoms with Crippen molar-refractivity contribution in [3.05, 3.63) is 28.3 Å². The molecule has 0 spiro atoms. The number of ether oxygens (including phenoxy) is 4. The van der Waals surface area contributed by atoms with Gasteiger partial charge in [-0.1, -0.05) is 11.6 Å². The van der Waals surface area contributed by atoms with Gasteiger partial charge in [0.05, 0.1) is 25.8 Å². The topological polar surface area (TPSA) is 77.8 Å². The Labute approximate surface area is 133 Å². The van der Waals surface area contributed by atoms with Gasteiger partial charge in [0, 0.05) is 7.11 Å². The molecular weight excluding hydrogens is 310 g/mol. The first-order valence-corrected chi connectivity index (χ1v) is 6.64. The number of esters is 1. The Morgan fingerprint density at radius 3 is 2.55 bits per heavy atom. The predicted molar refractivity (Wildman–Crippen MR) is 81.0 cm³/mol. The molecule has 0 aliphatic rings. The molecule has 0 unspecified atom stereocenters. The summed E-state index contributed by atoms with van der Waals surface area (Å²) >= 11 is 6.07. The Morgan fingerprint density at radius 2 is 2.00 bits per heavy atom. The monoisotopic (exact) mass is 325 g/mol. The molecule has 1 rings (SSSR count). The van der Waals surface area contributed by atoms with Gasteiger partial charge in [-0.15, -0.1) is 0 Å². The molecule has 1 aromatic carbocycles. The van der Waals surface area contributed by atoms with Gasteiger partial charge in [0.15, 0.2) is 11.5 Å². The third-order valence-corrected chi connectivity index (χ3v) is 2.91. The van der Waals surface area contributed by atoms with Crippen LogP contribution in [-0.2, 0) is 14.3 Å². The van der Waals surface area contributed by atoms with Crippen LogP contribution in [0.4, 0.5) is 0 Å². The Balaban J connectivity index is 3.06. The minimum Gasteiger partial charge on any atom is -0.493 e. The highest BCUT2D eigenvalue weighted by atomic mass is 35.5. The average molecular weight is 326 g/mol. The number of rotatable bonds is 7. The Morgan fingerprint density at radius 1 is 1.27 bits per heavy atom. The number of hydrogen-bond acceptors (Lipinski definition) is 6. The first kappa shape index (κ1) is 17.8. The molecule has 118 valence electrons. The van der Waals surface area contributed by atoms with Gasteiger partial charge in [-0.25, -0.2) is 4.79 Å². The van der Waals surface area contributed by atoms with Gasteiger partial charge in [0.2, 0.25) is 0 Å². The number of benzene rings is 1. The summed E-state index contributed by atoms with van der Waals surface area (Å²) in [6.07, 6.45) is 1.36. The van der Waals surface area contributed by atoms with E-state index in [0.717, 1.165) is 0 Å². The number of nitriles is 1. The number of methoxy groups -OCH3 is 3. The lowest BCUT2D eigenvalue weighted by Crippen LogP contribution is -2.11. The molecule has 0 bridgehead atoms. The predicted octanol–water partition coefficient (Wildman–Crippen LogP) is 2.45. The summed E-state index contributed by atoms with van der Waals surface area (Å²) in [6, 6.07) is 4.95. The lowest BCUT2D eigenvalue weighted by atomic mass is 10.1. The van der Waals surface area contributed by atoms with Crippen molar-refractivity contribution in [2.24, 2.45) is 0 Å². The van der Waals surface area contributed by atoms with E-state index in [1.165, 1.54) is 27.4 Å². The van der Waals surface area contributed by atoms with E-state index in [0.29, 0.717) is 22.1 Å². The Kier molecular flexibility index (Phi) is 7.23. The SMILES string of the molecule is COCCOC(=O)/C(C#N)=C/c1cc(Cl)c(OC)c(OC)c1. The van der Waals surface area contributed by atoms with Gasteiger partial charge in [-0.2, -0.15) is 5.26 Å². The molecule has 0 aliphatic heterocycles. The molecule has 0 amide bonds. The largest absolute Gasteiger partial charge is 0.493 e. The maximum absolute atomic E-state index is 11.8. The van der Waals surface area contributed by atoms with E-state index in [-0.39, 0.29) is 18.8 Å². The summed E-state index contributed by atoms with van der Waals surface area (Å²) < 4.78 is 19.9. The quantitative estimate of drug-likeness (QED) is 0.332. The van der Waals surface area contributed by atoms with Crippen molar-refractivity contribution < 1.29 is 23.7 Å². The van der Waals surface area contributed by atoms with Gasteiger partial charge >= 0.3 is 5.97 Å². The fraction of sp³-hybridized carbons (Fsp3) is 0.333. The van der Waals surface area contributed by atoms with Crippen molar-refractivity contribution in [2.45, 2.75) is 0 Å². The fourth-order valence-electron chi connectivity index (χ4n) is 1.62. The number of carbonyl (C=O) groups excluding carboxylic acids is 1. The number of hydrogen-bond donors (Lipinski definition) is 0. The van der Waals surface area contributed by atoms with E-state index in [4.69, 9.17) is 35.8 Å². The molecule has 0 atom stereocenters. The molecule has 0 heterocycles. The first-order chi connectivity index (χ1) is 10.6. The highest BCUT2D eigenvalue weighted by Crippen LogP contribution is 2.36. The zero-order chi connectivity index (χ0) is 16.5. The van der Waals surface area contributed by atoms with E-state index < -0.39 is 5.97 Å². The van der Waals surface area contributed by atoms with Crippen LogP contribution in [0.3, 0.4) is 0 Å². The van der Waals surface area contributed by atoms with E-state index in [2.05, 4.69) is 0 Å². The van der Waals surface area contributed by atoms with E-state index in [9.17, 15) is 4.79 Å². The second kappa shape index (κ2) is 8.93. The lowest BCUT2D eigenvalue weighted by Gasteiger charge is -2.10. The van der Waals surface area contributed by atoms with Crippen molar-refractivity contribution in [3.63, 3.8) is 0 Å². The van der Waals surface area contributed by atoms with Crippen molar-refractivity contribution in [1.29, 1.82) is 5.26 Å². The third-order valence-electron chi connectivity index (χ3n) is 2.63. The maximum Gasteiger partial charge on any atom is 0.348 e. The first-order valence-electron chi connectivity index (χ1n) is 6.26. The normalized spacial score (nSPS) is 10.8. The summed E-state index contributed by atoms with van der Waals surface area (Å²) in [5.74, 6) is 0.0410. The second-order valence-corrected chi connectivity index (χ2v) is 4.44. The molecule has 0 radical (unpaired) electrons. The van der Waals surface area contributed by atoms with Crippen LogP contribution in [0, 0.1) is 11.3 Å². The summed E-state index contributed by atoms with van der Waals surface area (Å²) in [5, 5.41) is 9.38. The van der Waals surface area contributed by atoms with Crippen molar-refractivity contribution >= 4 is 23.6 Å². The van der Waals surface area contributed by atoms with Crippen LogP contribution in [-0.4, -0.2) is 40.5 Å². The molecule has 1 aromatic rings. The van der Waals surface area contributed by atoms with E-state index in [1.807, 2.05) is 0 Å². The standard InChI is InChI=1S/C15H16ClNO5/c1-19-4-5-22-15(18)11(9-17)6-10-7-12(16)14(21-3)13(8-10)20-2/h6-8H,4-5H2,1-3H3/b11-6+. The minimum absolute atomic E-state index is 0.0705. The summed E-state index contributed by atoms with van der Waals surface area (Å²) in [5.41, 5.74) is 0.363. The van der Waals surface area contributed by atoms with Crippen molar-refractivity contribution in [2.75, 3.05) is 34.5 Å². The third kappa shape index (κ3) is 4.65. The minimum atomic E-state index is -0.731. The van der Waals surface area contributed by atoms with Crippen LogP contribution >= 0.6 is 11.6 Å². The van der Waals surface area contributed by atoms with Crippen LogP contribution < -0.4 is 9.47 Å². The highest BCUT2D eigenvalue weighted by Gasteiger charge is 2.14. The second-order valence-electron chi connectivity index (χ2n) is 4.04. The van der Waals surface area contributed by atoms with Gasteiger partial charge in [-0.05, 0) is 23.8 Å². The molecule has 0 aromatic heterocycles. The molecule has 0 aliphatic carbocycles. The Hall–Kier alpha value is -2.23. The van der Waals surface area contributed by atoms with Gasteiger partial charge < -0.3 is 18.9 Å². The average Bonchev–Trinajstić information content (AvgIpc) is 2.51. The molecule has 0 N–H and O–H groups in total. The van der Waals surface area contributed by atoms with Crippen LogP contribution in [0.15, 0.2) is 17.7 Å². The number of halogens is 1. The van der Waals surface area contributed by atoms with E-state index >= 15 is 0 Å². The molecule has 0 saturated heterocycles. The van der Waals surface area contributed by atoms with Crippen molar-refractivity contribution in [1.82, 2.24) is 0 Å². The number of carbonyl (C=O) groups is 1. The van der Waals surface area contributed by atoms with Crippen LogP contribution in [0.2, 0.25) is 5.02 Å². The zero-order valence-corrected chi connectivity index (χ0v) is 13.3. The molecule has 22 heavy (non-hydrogen) atoms. The van der Waals surface area contributed by atoms with E-state index in [1.54, 1.807) is 18.2 Å². The Bertz CT molecular complexity index is 607. The summed E-state index contributed by atoms with van der Waals surface area (Å²) in [4.78, 5) is 11.8.